The minimum atomic E-state index is 0.0663. The number of hydrogen-bond acceptors (Lipinski definition) is 4. The van der Waals surface area contributed by atoms with Crippen LogP contribution in [0.4, 0.5) is 0 Å². The highest BCUT2D eigenvalue weighted by Gasteiger charge is 2.33. The number of carbonyl (C=O) groups is 1. The van der Waals surface area contributed by atoms with Crippen LogP contribution in [0.25, 0.3) is 5.82 Å². The van der Waals surface area contributed by atoms with Crippen LogP contribution in [-0.2, 0) is 0 Å². The Bertz CT molecular complexity index is 746. The van der Waals surface area contributed by atoms with E-state index in [9.17, 15) is 4.79 Å². The lowest BCUT2D eigenvalue weighted by molar-refractivity contribution is 0.0532. The smallest absolute Gasteiger partial charge is 0.255 e. The number of nitrogens with zero attached hydrogens (tertiary/aromatic N) is 3. The number of aromatic nitrogens is 2. The predicted octanol–water partition coefficient (Wildman–Crippen LogP) is 2.59. The maximum Gasteiger partial charge on any atom is 0.255 e. The summed E-state index contributed by atoms with van der Waals surface area (Å²) in [4.78, 5) is 15.1. The lowest BCUT2D eigenvalue weighted by Gasteiger charge is -2.39. The summed E-state index contributed by atoms with van der Waals surface area (Å²) < 4.78 is 7.15. The first-order valence-electron chi connectivity index (χ1n) is 8.57. The SMILES string of the molecule is Cc1cc(-n2c(C)cc(C(=O)N3CCC[C@@H](C)[C@H]3CN)c2C)no1. The zero-order chi connectivity index (χ0) is 17.4. The fourth-order valence-corrected chi connectivity index (χ4v) is 3.81. The molecule has 0 saturated carbocycles. The van der Waals surface area contributed by atoms with Crippen LogP contribution in [0.15, 0.2) is 16.7 Å². The average Bonchev–Trinajstić information content (AvgIpc) is 3.09. The molecule has 130 valence electrons. The van der Waals surface area contributed by atoms with Crippen molar-refractivity contribution in [3.05, 3.63) is 34.8 Å². The summed E-state index contributed by atoms with van der Waals surface area (Å²) >= 11 is 0. The van der Waals surface area contributed by atoms with E-state index in [4.69, 9.17) is 10.3 Å². The molecule has 24 heavy (non-hydrogen) atoms. The predicted molar refractivity (Wildman–Crippen MR) is 92.3 cm³/mol. The summed E-state index contributed by atoms with van der Waals surface area (Å²) in [5, 5.41) is 4.08. The summed E-state index contributed by atoms with van der Waals surface area (Å²) in [6, 6.07) is 3.93. The van der Waals surface area contributed by atoms with E-state index < -0.39 is 0 Å². The quantitative estimate of drug-likeness (QED) is 0.938. The first kappa shape index (κ1) is 16.8. The van der Waals surface area contributed by atoms with Gasteiger partial charge in [0.1, 0.15) is 5.76 Å². The molecule has 0 aliphatic carbocycles. The number of rotatable bonds is 3. The van der Waals surface area contributed by atoms with Gasteiger partial charge in [-0.1, -0.05) is 12.1 Å². The van der Waals surface area contributed by atoms with Crippen molar-refractivity contribution in [3.63, 3.8) is 0 Å². The largest absolute Gasteiger partial charge is 0.360 e. The normalized spacial score (nSPS) is 21.3. The summed E-state index contributed by atoms with van der Waals surface area (Å²) in [6.45, 7) is 9.25. The molecule has 1 saturated heterocycles. The van der Waals surface area contributed by atoms with E-state index in [1.165, 1.54) is 0 Å². The Morgan fingerprint density at radius 1 is 1.38 bits per heavy atom. The lowest BCUT2D eigenvalue weighted by Crippen LogP contribution is -2.51. The van der Waals surface area contributed by atoms with Crippen molar-refractivity contribution in [1.29, 1.82) is 0 Å². The van der Waals surface area contributed by atoms with Gasteiger partial charge < -0.3 is 15.2 Å². The fraction of sp³-hybridized carbons (Fsp3) is 0.556. The molecule has 3 heterocycles. The van der Waals surface area contributed by atoms with Gasteiger partial charge in [-0.15, -0.1) is 0 Å². The first-order chi connectivity index (χ1) is 11.4. The molecular formula is C18H26N4O2. The van der Waals surface area contributed by atoms with E-state index >= 15 is 0 Å². The van der Waals surface area contributed by atoms with E-state index in [0.717, 1.165) is 42.1 Å². The van der Waals surface area contributed by atoms with Gasteiger partial charge in [-0.2, -0.15) is 0 Å². The fourth-order valence-electron chi connectivity index (χ4n) is 3.81. The van der Waals surface area contributed by atoms with Gasteiger partial charge in [0.2, 0.25) is 0 Å². The number of amides is 1. The van der Waals surface area contributed by atoms with Gasteiger partial charge >= 0.3 is 0 Å². The Labute approximate surface area is 142 Å². The molecule has 3 rings (SSSR count). The van der Waals surface area contributed by atoms with Crippen LogP contribution < -0.4 is 5.73 Å². The van der Waals surface area contributed by atoms with Crippen LogP contribution in [-0.4, -0.2) is 39.7 Å². The molecule has 1 amide bonds. The molecule has 0 radical (unpaired) electrons. The minimum absolute atomic E-state index is 0.0663. The Morgan fingerprint density at radius 3 is 2.75 bits per heavy atom. The number of nitrogens with two attached hydrogens (primary N) is 1. The Kier molecular flexibility index (Phi) is 4.49. The average molecular weight is 330 g/mol. The molecule has 0 aromatic carbocycles. The van der Waals surface area contributed by atoms with Crippen LogP contribution in [0.3, 0.4) is 0 Å². The second-order valence-electron chi connectivity index (χ2n) is 6.84. The molecule has 1 aliphatic rings. The molecule has 1 fully saturated rings. The van der Waals surface area contributed by atoms with Gasteiger partial charge in [0.05, 0.1) is 5.56 Å². The lowest BCUT2D eigenvalue weighted by atomic mass is 9.90. The van der Waals surface area contributed by atoms with Crippen molar-refractivity contribution in [2.75, 3.05) is 13.1 Å². The number of aryl methyl sites for hydroxylation is 2. The Hall–Kier alpha value is -2.08. The van der Waals surface area contributed by atoms with Gasteiger partial charge in [-0.3, -0.25) is 9.36 Å². The Morgan fingerprint density at radius 2 is 2.12 bits per heavy atom. The summed E-state index contributed by atoms with van der Waals surface area (Å²) in [5.41, 5.74) is 8.53. The number of piperidine rings is 1. The zero-order valence-electron chi connectivity index (χ0n) is 14.9. The van der Waals surface area contributed by atoms with E-state index in [2.05, 4.69) is 12.1 Å². The van der Waals surface area contributed by atoms with E-state index in [-0.39, 0.29) is 11.9 Å². The van der Waals surface area contributed by atoms with Crippen molar-refractivity contribution in [2.24, 2.45) is 11.7 Å². The molecule has 2 N–H and O–H groups in total. The van der Waals surface area contributed by atoms with Gasteiger partial charge in [0.15, 0.2) is 5.82 Å². The topological polar surface area (TPSA) is 77.3 Å². The summed E-state index contributed by atoms with van der Waals surface area (Å²) in [6.07, 6.45) is 2.16. The van der Waals surface area contributed by atoms with Crippen molar-refractivity contribution in [2.45, 2.75) is 46.6 Å². The molecule has 0 spiro atoms. The second-order valence-corrected chi connectivity index (χ2v) is 6.84. The van der Waals surface area contributed by atoms with Gasteiger partial charge in [-0.05, 0) is 45.6 Å². The molecule has 2 aromatic heterocycles. The van der Waals surface area contributed by atoms with Gasteiger partial charge in [-0.25, -0.2) is 0 Å². The molecular weight excluding hydrogens is 304 g/mol. The molecule has 2 atom stereocenters. The van der Waals surface area contributed by atoms with Gasteiger partial charge in [0.25, 0.3) is 5.91 Å². The summed E-state index contributed by atoms with van der Waals surface area (Å²) in [7, 11) is 0. The highest BCUT2D eigenvalue weighted by atomic mass is 16.5. The number of carbonyl (C=O) groups excluding carboxylic acids is 1. The van der Waals surface area contributed by atoms with Crippen LogP contribution in [0.2, 0.25) is 0 Å². The van der Waals surface area contributed by atoms with E-state index in [1.54, 1.807) is 0 Å². The zero-order valence-corrected chi connectivity index (χ0v) is 14.9. The van der Waals surface area contributed by atoms with Crippen molar-refractivity contribution >= 4 is 5.91 Å². The van der Waals surface area contributed by atoms with Crippen LogP contribution >= 0.6 is 0 Å². The number of hydrogen-bond donors (Lipinski definition) is 1. The monoisotopic (exact) mass is 330 g/mol. The first-order valence-corrected chi connectivity index (χ1v) is 8.57. The Balaban J connectivity index is 1.96. The standard InChI is InChI=1S/C18H26N4O2/c1-11-6-5-7-21(16(11)10-19)18(23)15-8-12(2)22(14(15)4)17-9-13(3)24-20-17/h8-9,11,16H,5-7,10,19H2,1-4H3/t11-,16-/m1/s1. The van der Waals surface area contributed by atoms with Crippen molar-refractivity contribution in [1.82, 2.24) is 14.6 Å². The van der Waals surface area contributed by atoms with E-state index in [0.29, 0.717) is 18.3 Å². The van der Waals surface area contributed by atoms with Crippen LogP contribution in [0, 0.1) is 26.7 Å². The molecule has 1 aliphatic heterocycles. The summed E-state index contributed by atoms with van der Waals surface area (Å²) in [5.74, 6) is 1.97. The third-order valence-corrected chi connectivity index (χ3v) is 5.12. The highest BCUT2D eigenvalue weighted by Crippen LogP contribution is 2.27. The van der Waals surface area contributed by atoms with Crippen molar-refractivity contribution in [3.8, 4) is 5.82 Å². The van der Waals surface area contributed by atoms with Crippen LogP contribution in [0.1, 0.15) is 47.3 Å². The molecule has 2 aromatic rings. The van der Waals surface area contributed by atoms with E-state index in [1.807, 2.05) is 42.4 Å². The third kappa shape index (κ3) is 2.75. The molecule has 0 unspecified atom stereocenters. The maximum absolute atomic E-state index is 13.2. The highest BCUT2D eigenvalue weighted by molar-refractivity contribution is 5.96. The number of likely N-dealkylation sites (tertiary alicyclic amines) is 1. The molecule has 6 heteroatoms. The maximum atomic E-state index is 13.2. The second kappa shape index (κ2) is 6.43. The minimum Gasteiger partial charge on any atom is -0.360 e. The van der Waals surface area contributed by atoms with Gasteiger partial charge in [0, 0.05) is 36.6 Å². The molecule has 6 nitrogen and oxygen atoms in total. The van der Waals surface area contributed by atoms with Crippen LogP contribution in [0.5, 0.6) is 0 Å². The third-order valence-electron chi connectivity index (χ3n) is 5.12. The molecule has 0 bridgehead atoms. The van der Waals surface area contributed by atoms with Crippen molar-refractivity contribution < 1.29 is 9.32 Å².